The molecule has 86 valence electrons. The third-order valence-electron chi connectivity index (χ3n) is 2.48. The number of hydrogen-bond donors (Lipinski definition) is 1. The molecular formula is C13H19N3. The van der Waals surface area contributed by atoms with Crippen molar-refractivity contribution in [2.75, 3.05) is 32.5 Å². The first-order chi connectivity index (χ1) is 7.65. The third-order valence-corrected chi connectivity index (χ3v) is 2.48. The molecule has 3 heteroatoms. The standard InChI is InChI=1S/C13H19N3/c1-11-6-4-7-13(12(11)10-14)15-8-5-9-16(2)3/h4,6-7,15H,5,8-9H2,1-3H3. The molecule has 0 fully saturated rings. The quantitative estimate of drug-likeness (QED) is 0.769. The van der Waals surface area contributed by atoms with Crippen LogP contribution in [-0.2, 0) is 0 Å². The Morgan fingerprint density at radius 3 is 2.75 bits per heavy atom. The molecule has 0 bridgehead atoms. The molecule has 1 N–H and O–H groups in total. The largest absolute Gasteiger partial charge is 0.384 e. The lowest BCUT2D eigenvalue weighted by molar-refractivity contribution is 0.405. The lowest BCUT2D eigenvalue weighted by Crippen LogP contribution is -2.16. The van der Waals surface area contributed by atoms with Crippen molar-refractivity contribution in [2.45, 2.75) is 13.3 Å². The normalized spacial score (nSPS) is 10.2. The fourth-order valence-electron chi connectivity index (χ4n) is 1.58. The second-order valence-electron chi connectivity index (χ2n) is 4.19. The summed E-state index contributed by atoms with van der Waals surface area (Å²) < 4.78 is 0. The molecule has 3 nitrogen and oxygen atoms in total. The zero-order valence-electron chi connectivity index (χ0n) is 10.2. The van der Waals surface area contributed by atoms with Crippen molar-refractivity contribution < 1.29 is 0 Å². The molecule has 0 aliphatic heterocycles. The van der Waals surface area contributed by atoms with Gasteiger partial charge >= 0.3 is 0 Å². The summed E-state index contributed by atoms with van der Waals surface area (Å²) in [5, 5.41) is 12.4. The Bertz CT molecular complexity index is 377. The smallest absolute Gasteiger partial charge is 0.102 e. The van der Waals surface area contributed by atoms with Crippen LogP contribution in [0.4, 0.5) is 5.69 Å². The van der Waals surface area contributed by atoms with Gasteiger partial charge in [0.1, 0.15) is 6.07 Å². The molecule has 0 saturated heterocycles. The Balaban J connectivity index is 2.54. The zero-order chi connectivity index (χ0) is 12.0. The topological polar surface area (TPSA) is 39.1 Å². The lowest BCUT2D eigenvalue weighted by Gasteiger charge is -2.12. The van der Waals surface area contributed by atoms with E-state index in [0.29, 0.717) is 0 Å². The first-order valence-electron chi connectivity index (χ1n) is 5.53. The Labute approximate surface area is 97.7 Å². The maximum atomic E-state index is 9.05. The van der Waals surface area contributed by atoms with Crippen LogP contribution in [0.1, 0.15) is 17.5 Å². The average Bonchev–Trinajstić information content (AvgIpc) is 2.24. The summed E-state index contributed by atoms with van der Waals surface area (Å²) in [6, 6.07) is 8.14. The number of anilines is 1. The summed E-state index contributed by atoms with van der Waals surface area (Å²) in [6.07, 6.45) is 1.08. The van der Waals surface area contributed by atoms with Gasteiger partial charge < -0.3 is 10.2 Å². The van der Waals surface area contributed by atoms with Gasteiger partial charge in [-0.2, -0.15) is 5.26 Å². The number of rotatable bonds is 5. The van der Waals surface area contributed by atoms with Gasteiger partial charge in [-0.1, -0.05) is 12.1 Å². The molecule has 0 unspecified atom stereocenters. The van der Waals surface area contributed by atoms with Gasteiger partial charge in [0.05, 0.1) is 11.3 Å². The molecule has 0 aliphatic rings. The minimum absolute atomic E-state index is 0.757. The number of benzene rings is 1. The monoisotopic (exact) mass is 217 g/mol. The Kier molecular flexibility index (Phi) is 4.81. The van der Waals surface area contributed by atoms with E-state index in [9.17, 15) is 0 Å². The first kappa shape index (κ1) is 12.5. The number of hydrogen-bond acceptors (Lipinski definition) is 3. The molecule has 1 aromatic rings. The number of nitriles is 1. The van der Waals surface area contributed by atoms with Crippen LogP contribution in [0.2, 0.25) is 0 Å². The molecule has 0 radical (unpaired) electrons. The number of nitrogens with one attached hydrogen (secondary N) is 1. The van der Waals surface area contributed by atoms with E-state index in [2.05, 4.69) is 30.4 Å². The molecule has 0 atom stereocenters. The van der Waals surface area contributed by atoms with Crippen molar-refractivity contribution >= 4 is 5.69 Å². The van der Waals surface area contributed by atoms with E-state index in [4.69, 9.17) is 5.26 Å². The lowest BCUT2D eigenvalue weighted by atomic mass is 10.1. The molecule has 16 heavy (non-hydrogen) atoms. The van der Waals surface area contributed by atoms with Crippen LogP contribution in [0, 0.1) is 18.3 Å². The highest BCUT2D eigenvalue weighted by molar-refractivity contribution is 5.60. The van der Waals surface area contributed by atoms with Crippen molar-refractivity contribution in [1.29, 1.82) is 5.26 Å². The van der Waals surface area contributed by atoms with Gasteiger partial charge in [0.15, 0.2) is 0 Å². The maximum Gasteiger partial charge on any atom is 0.102 e. The molecule has 1 aromatic carbocycles. The average molecular weight is 217 g/mol. The van der Waals surface area contributed by atoms with Crippen LogP contribution in [0.15, 0.2) is 18.2 Å². The van der Waals surface area contributed by atoms with Gasteiger partial charge in [-0.25, -0.2) is 0 Å². The van der Waals surface area contributed by atoms with Gasteiger partial charge in [-0.15, -0.1) is 0 Å². The second kappa shape index (κ2) is 6.14. The summed E-state index contributed by atoms with van der Waals surface area (Å²) in [7, 11) is 4.13. The van der Waals surface area contributed by atoms with Crippen LogP contribution in [0.5, 0.6) is 0 Å². The van der Waals surface area contributed by atoms with E-state index in [1.54, 1.807) is 0 Å². The van der Waals surface area contributed by atoms with Crippen molar-refractivity contribution in [1.82, 2.24) is 4.90 Å². The van der Waals surface area contributed by atoms with Crippen molar-refractivity contribution in [2.24, 2.45) is 0 Å². The van der Waals surface area contributed by atoms with E-state index in [1.165, 1.54) is 0 Å². The van der Waals surface area contributed by atoms with Crippen LogP contribution in [0.25, 0.3) is 0 Å². The maximum absolute atomic E-state index is 9.05. The van der Waals surface area contributed by atoms with Crippen molar-refractivity contribution in [3.63, 3.8) is 0 Å². The van der Waals surface area contributed by atoms with Crippen LogP contribution < -0.4 is 5.32 Å². The Hall–Kier alpha value is -1.53. The van der Waals surface area contributed by atoms with Gasteiger partial charge in [-0.3, -0.25) is 0 Å². The number of aryl methyl sites for hydroxylation is 1. The SMILES string of the molecule is Cc1cccc(NCCCN(C)C)c1C#N. The molecular weight excluding hydrogens is 198 g/mol. The predicted molar refractivity (Wildman–Crippen MR) is 67.6 cm³/mol. The van der Waals surface area contributed by atoms with Crippen LogP contribution in [-0.4, -0.2) is 32.1 Å². The fourth-order valence-corrected chi connectivity index (χ4v) is 1.58. The first-order valence-corrected chi connectivity index (χ1v) is 5.53. The van der Waals surface area contributed by atoms with Gasteiger partial charge in [0.25, 0.3) is 0 Å². The van der Waals surface area contributed by atoms with E-state index in [-0.39, 0.29) is 0 Å². The minimum Gasteiger partial charge on any atom is -0.384 e. The molecule has 0 saturated carbocycles. The summed E-state index contributed by atoms with van der Waals surface area (Å²) in [5.74, 6) is 0. The fraction of sp³-hybridized carbons (Fsp3) is 0.462. The molecule has 0 heterocycles. The second-order valence-corrected chi connectivity index (χ2v) is 4.19. The van der Waals surface area contributed by atoms with E-state index < -0.39 is 0 Å². The highest BCUT2D eigenvalue weighted by atomic mass is 15.1. The van der Waals surface area contributed by atoms with E-state index in [1.807, 2.05) is 25.1 Å². The Morgan fingerprint density at radius 1 is 1.38 bits per heavy atom. The Morgan fingerprint density at radius 2 is 2.12 bits per heavy atom. The van der Waals surface area contributed by atoms with Crippen LogP contribution in [0.3, 0.4) is 0 Å². The molecule has 0 aromatic heterocycles. The predicted octanol–water partition coefficient (Wildman–Crippen LogP) is 2.23. The van der Waals surface area contributed by atoms with Crippen LogP contribution >= 0.6 is 0 Å². The van der Waals surface area contributed by atoms with Gasteiger partial charge in [0, 0.05) is 6.54 Å². The number of nitrogens with zero attached hydrogens (tertiary/aromatic N) is 2. The summed E-state index contributed by atoms with van der Waals surface area (Å²) in [6.45, 7) is 3.92. The molecule has 0 aliphatic carbocycles. The van der Waals surface area contributed by atoms with Gasteiger partial charge in [-0.05, 0) is 45.6 Å². The summed E-state index contributed by atoms with van der Waals surface area (Å²) in [4.78, 5) is 2.16. The highest BCUT2D eigenvalue weighted by Gasteiger charge is 2.03. The molecule has 1 rings (SSSR count). The summed E-state index contributed by atoms with van der Waals surface area (Å²) in [5.41, 5.74) is 2.73. The minimum atomic E-state index is 0.757. The van der Waals surface area contributed by atoms with E-state index in [0.717, 1.165) is 36.3 Å². The van der Waals surface area contributed by atoms with Gasteiger partial charge in [0.2, 0.25) is 0 Å². The molecule has 0 spiro atoms. The zero-order valence-corrected chi connectivity index (χ0v) is 10.2. The van der Waals surface area contributed by atoms with Crippen molar-refractivity contribution in [3.05, 3.63) is 29.3 Å². The molecule has 0 amide bonds. The van der Waals surface area contributed by atoms with Crippen molar-refractivity contribution in [3.8, 4) is 6.07 Å². The van der Waals surface area contributed by atoms with E-state index >= 15 is 0 Å². The third kappa shape index (κ3) is 3.56. The summed E-state index contributed by atoms with van der Waals surface area (Å²) >= 11 is 0. The highest BCUT2D eigenvalue weighted by Crippen LogP contribution is 2.17.